The molecular formula is C20H25NO5. The lowest BCUT2D eigenvalue weighted by molar-refractivity contribution is 0.0467. The van der Waals surface area contributed by atoms with E-state index in [1.807, 2.05) is 25.1 Å². The predicted octanol–water partition coefficient (Wildman–Crippen LogP) is 3.88. The minimum absolute atomic E-state index is 0.0526. The van der Waals surface area contributed by atoms with Crippen molar-refractivity contribution in [3.8, 4) is 23.1 Å². The Morgan fingerprint density at radius 3 is 2.81 bits per heavy atom. The van der Waals surface area contributed by atoms with Crippen LogP contribution in [0.2, 0.25) is 0 Å². The average Bonchev–Trinajstić information content (AvgIpc) is 3.00. The fourth-order valence-corrected chi connectivity index (χ4v) is 2.65. The minimum Gasteiger partial charge on any atom is -0.486 e. The second kappa shape index (κ2) is 7.93. The summed E-state index contributed by atoms with van der Waals surface area (Å²) in [6.45, 7) is 6.99. The van der Waals surface area contributed by atoms with Gasteiger partial charge in [-0.1, -0.05) is 12.1 Å². The van der Waals surface area contributed by atoms with Gasteiger partial charge in [-0.3, -0.25) is 0 Å². The van der Waals surface area contributed by atoms with Gasteiger partial charge in [-0.15, -0.1) is 0 Å². The SMILES string of the molecule is CCO[C@@H]1COc2c(Oc3ccc(OCCC(C)(C)O)nc3)cccc21. The highest BCUT2D eigenvalue weighted by molar-refractivity contribution is 5.51. The molecule has 0 fully saturated rings. The standard InChI is InChI=1S/C20H25NO5/c1-4-23-17-13-25-19-15(17)6-5-7-16(19)26-14-8-9-18(21-12-14)24-11-10-20(2,3)22/h5-9,12,17,22H,4,10-11,13H2,1-3H3/t17-/m1/s1. The Bertz CT molecular complexity index is 724. The normalized spacial score (nSPS) is 16.1. The zero-order valence-corrected chi connectivity index (χ0v) is 15.4. The van der Waals surface area contributed by atoms with E-state index in [0.717, 1.165) is 11.3 Å². The molecule has 0 unspecified atom stereocenters. The van der Waals surface area contributed by atoms with E-state index in [1.165, 1.54) is 0 Å². The third kappa shape index (κ3) is 4.65. The molecule has 1 N–H and O–H groups in total. The topological polar surface area (TPSA) is 70.0 Å². The lowest BCUT2D eigenvalue weighted by Crippen LogP contribution is -2.21. The Labute approximate surface area is 153 Å². The van der Waals surface area contributed by atoms with Crippen LogP contribution in [0.1, 0.15) is 38.9 Å². The minimum atomic E-state index is -0.754. The van der Waals surface area contributed by atoms with Crippen LogP contribution in [0, 0.1) is 0 Å². The van der Waals surface area contributed by atoms with Gasteiger partial charge in [0.2, 0.25) is 5.88 Å². The second-order valence-electron chi connectivity index (χ2n) is 6.77. The van der Waals surface area contributed by atoms with Crippen molar-refractivity contribution in [3.63, 3.8) is 0 Å². The molecule has 1 atom stereocenters. The lowest BCUT2D eigenvalue weighted by Gasteiger charge is -2.16. The number of nitrogens with zero attached hydrogens (tertiary/aromatic N) is 1. The molecule has 140 valence electrons. The summed E-state index contributed by atoms with van der Waals surface area (Å²) in [4.78, 5) is 4.24. The van der Waals surface area contributed by atoms with Gasteiger partial charge in [0.25, 0.3) is 0 Å². The smallest absolute Gasteiger partial charge is 0.213 e. The summed E-state index contributed by atoms with van der Waals surface area (Å²) < 4.78 is 22.9. The number of ether oxygens (including phenoxy) is 4. The van der Waals surface area contributed by atoms with Crippen LogP contribution in [0.4, 0.5) is 0 Å². The van der Waals surface area contributed by atoms with Crippen molar-refractivity contribution < 1.29 is 24.1 Å². The van der Waals surface area contributed by atoms with Gasteiger partial charge >= 0.3 is 0 Å². The van der Waals surface area contributed by atoms with E-state index in [9.17, 15) is 5.11 Å². The maximum Gasteiger partial charge on any atom is 0.213 e. The van der Waals surface area contributed by atoms with Gasteiger partial charge in [0.05, 0.1) is 18.4 Å². The van der Waals surface area contributed by atoms with Crippen molar-refractivity contribution in [3.05, 3.63) is 42.1 Å². The molecule has 0 bridgehead atoms. The molecule has 1 aliphatic heterocycles. The second-order valence-corrected chi connectivity index (χ2v) is 6.77. The maximum absolute atomic E-state index is 9.69. The highest BCUT2D eigenvalue weighted by Gasteiger charge is 2.27. The molecule has 1 aromatic heterocycles. The molecule has 2 heterocycles. The highest BCUT2D eigenvalue weighted by atomic mass is 16.6. The van der Waals surface area contributed by atoms with Crippen LogP contribution in [0.15, 0.2) is 36.5 Å². The first-order valence-electron chi connectivity index (χ1n) is 8.82. The summed E-state index contributed by atoms with van der Waals surface area (Å²) in [7, 11) is 0. The van der Waals surface area contributed by atoms with Crippen molar-refractivity contribution in [2.45, 2.75) is 38.9 Å². The number of pyridine rings is 1. The van der Waals surface area contributed by atoms with Crippen LogP contribution < -0.4 is 14.2 Å². The maximum atomic E-state index is 9.69. The molecule has 0 radical (unpaired) electrons. The fraction of sp³-hybridized carbons (Fsp3) is 0.450. The summed E-state index contributed by atoms with van der Waals surface area (Å²) in [6.07, 6.45) is 2.08. The largest absolute Gasteiger partial charge is 0.486 e. The summed E-state index contributed by atoms with van der Waals surface area (Å²) >= 11 is 0. The van der Waals surface area contributed by atoms with Crippen LogP contribution in [0.25, 0.3) is 0 Å². The van der Waals surface area contributed by atoms with Gasteiger partial charge in [-0.25, -0.2) is 4.98 Å². The van der Waals surface area contributed by atoms with Crippen LogP contribution >= 0.6 is 0 Å². The number of para-hydroxylation sites is 1. The summed E-state index contributed by atoms with van der Waals surface area (Å²) in [5.41, 5.74) is 0.250. The van der Waals surface area contributed by atoms with Crippen molar-refractivity contribution in [1.82, 2.24) is 4.98 Å². The Balaban J connectivity index is 1.63. The summed E-state index contributed by atoms with van der Waals surface area (Å²) in [5, 5.41) is 9.69. The number of fused-ring (bicyclic) bond motifs is 1. The van der Waals surface area contributed by atoms with Crippen molar-refractivity contribution in [1.29, 1.82) is 0 Å². The van der Waals surface area contributed by atoms with Crippen LogP contribution in [-0.4, -0.2) is 35.5 Å². The van der Waals surface area contributed by atoms with Gasteiger partial charge in [0, 0.05) is 24.7 Å². The lowest BCUT2D eigenvalue weighted by atomic mass is 10.1. The van der Waals surface area contributed by atoms with E-state index in [4.69, 9.17) is 18.9 Å². The number of rotatable bonds is 8. The zero-order valence-electron chi connectivity index (χ0n) is 15.4. The van der Waals surface area contributed by atoms with Crippen molar-refractivity contribution in [2.75, 3.05) is 19.8 Å². The van der Waals surface area contributed by atoms with E-state index in [0.29, 0.717) is 43.6 Å². The molecule has 1 aliphatic rings. The molecule has 6 nitrogen and oxygen atoms in total. The summed E-state index contributed by atoms with van der Waals surface area (Å²) in [6, 6.07) is 9.32. The van der Waals surface area contributed by atoms with Gasteiger partial charge in [-0.05, 0) is 32.9 Å². The molecule has 0 saturated heterocycles. The monoisotopic (exact) mass is 359 g/mol. The molecule has 0 spiro atoms. The number of hydrogen-bond acceptors (Lipinski definition) is 6. The molecular weight excluding hydrogens is 334 g/mol. The number of aliphatic hydroxyl groups is 1. The number of aromatic nitrogens is 1. The molecule has 2 aromatic rings. The number of benzene rings is 1. The van der Waals surface area contributed by atoms with Gasteiger partial charge in [-0.2, -0.15) is 0 Å². The molecule has 0 amide bonds. The predicted molar refractivity (Wildman–Crippen MR) is 97.0 cm³/mol. The van der Waals surface area contributed by atoms with Gasteiger partial charge in [0.15, 0.2) is 11.5 Å². The third-order valence-corrected chi connectivity index (χ3v) is 4.00. The van der Waals surface area contributed by atoms with Crippen molar-refractivity contribution in [2.24, 2.45) is 0 Å². The molecule has 1 aromatic carbocycles. The Kier molecular flexibility index (Phi) is 5.64. The molecule has 3 rings (SSSR count). The molecule has 0 aliphatic carbocycles. The Hall–Kier alpha value is -2.31. The van der Waals surface area contributed by atoms with Gasteiger partial charge < -0.3 is 24.1 Å². The highest BCUT2D eigenvalue weighted by Crippen LogP contribution is 2.43. The van der Waals surface area contributed by atoms with Gasteiger partial charge in [0.1, 0.15) is 18.5 Å². The van der Waals surface area contributed by atoms with Crippen LogP contribution in [0.5, 0.6) is 23.1 Å². The van der Waals surface area contributed by atoms with Crippen molar-refractivity contribution >= 4 is 0 Å². The first-order chi connectivity index (χ1) is 12.5. The van der Waals surface area contributed by atoms with E-state index in [-0.39, 0.29) is 6.10 Å². The molecule has 26 heavy (non-hydrogen) atoms. The first kappa shape index (κ1) is 18.5. The zero-order chi connectivity index (χ0) is 18.6. The Morgan fingerprint density at radius 2 is 2.12 bits per heavy atom. The third-order valence-electron chi connectivity index (χ3n) is 4.00. The Morgan fingerprint density at radius 1 is 1.27 bits per heavy atom. The number of hydrogen-bond donors (Lipinski definition) is 1. The molecule has 6 heteroatoms. The van der Waals surface area contributed by atoms with E-state index >= 15 is 0 Å². The molecule has 0 saturated carbocycles. The van der Waals surface area contributed by atoms with E-state index < -0.39 is 5.60 Å². The van der Waals surface area contributed by atoms with E-state index in [2.05, 4.69) is 4.98 Å². The van der Waals surface area contributed by atoms with Crippen LogP contribution in [0.3, 0.4) is 0 Å². The summed E-state index contributed by atoms with van der Waals surface area (Å²) in [5.74, 6) is 2.45. The fourth-order valence-electron chi connectivity index (χ4n) is 2.65. The average molecular weight is 359 g/mol. The quantitative estimate of drug-likeness (QED) is 0.771. The van der Waals surface area contributed by atoms with Crippen LogP contribution in [-0.2, 0) is 4.74 Å². The van der Waals surface area contributed by atoms with E-state index in [1.54, 1.807) is 32.2 Å². The first-order valence-corrected chi connectivity index (χ1v) is 8.82.